The first-order chi connectivity index (χ1) is 16.7. The minimum atomic E-state index is -0.0729. The lowest BCUT2D eigenvalue weighted by atomic mass is 10.1. The van der Waals surface area contributed by atoms with Gasteiger partial charge < -0.3 is 23.8 Å². The van der Waals surface area contributed by atoms with Crippen LogP contribution in [-0.4, -0.2) is 62.2 Å². The van der Waals surface area contributed by atoms with Gasteiger partial charge in [-0.2, -0.15) is 0 Å². The molecule has 0 spiro atoms. The monoisotopic (exact) mass is 481 g/mol. The average Bonchev–Trinajstić information content (AvgIpc) is 3.43. The zero-order chi connectivity index (χ0) is 23.5. The molecule has 0 unspecified atom stereocenters. The van der Waals surface area contributed by atoms with E-state index in [9.17, 15) is 4.79 Å². The summed E-state index contributed by atoms with van der Waals surface area (Å²) in [4.78, 5) is 22.5. The normalized spacial score (nSPS) is 20.0. The van der Waals surface area contributed by atoms with Crippen LogP contribution < -0.4 is 19.1 Å². The van der Waals surface area contributed by atoms with E-state index in [0.717, 1.165) is 43.2 Å². The zero-order valence-corrected chi connectivity index (χ0v) is 20.1. The first-order valence-electron chi connectivity index (χ1n) is 11.5. The predicted octanol–water partition coefficient (Wildman–Crippen LogP) is 4.27. The Balaban J connectivity index is 1.40. The Bertz CT molecular complexity index is 1130. The number of carbonyl (C=O) groups is 1. The van der Waals surface area contributed by atoms with E-state index in [4.69, 9.17) is 23.9 Å². The maximum Gasteiger partial charge on any atom is 0.266 e. The van der Waals surface area contributed by atoms with Gasteiger partial charge in [0.2, 0.25) is 6.79 Å². The number of likely N-dealkylation sites (N-methyl/N-ethyl adjacent to an activating group) is 1. The molecule has 2 aromatic rings. The second-order valence-corrected chi connectivity index (χ2v) is 8.86. The van der Waals surface area contributed by atoms with Crippen LogP contribution in [0.5, 0.6) is 17.2 Å². The second-order valence-electron chi connectivity index (χ2n) is 7.85. The Morgan fingerprint density at radius 2 is 1.82 bits per heavy atom. The number of thioether (sulfide) groups is 1. The lowest BCUT2D eigenvalue weighted by Gasteiger charge is -2.28. The number of anilines is 1. The van der Waals surface area contributed by atoms with Gasteiger partial charge in [-0.25, -0.2) is 4.99 Å². The molecule has 0 N–H and O–H groups in total. The molecule has 2 saturated heterocycles. The fourth-order valence-corrected chi connectivity index (χ4v) is 5.07. The number of nitrogens with zero attached hydrogens (tertiary/aromatic N) is 3. The molecule has 0 aliphatic carbocycles. The topological polar surface area (TPSA) is 72.8 Å². The molecule has 3 heterocycles. The van der Waals surface area contributed by atoms with Crippen molar-refractivity contribution in [2.75, 3.05) is 51.1 Å². The summed E-state index contributed by atoms with van der Waals surface area (Å²) in [6, 6.07) is 11.8. The largest absolute Gasteiger partial charge is 0.493 e. The molecule has 3 aliphatic rings. The number of aliphatic imine (C=N–C) groups is 1. The maximum absolute atomic E-state index is 13.1. The van der Waals surface area contributed by atoms with Crippen molar-refractivity contribution in [3.63, 3.8) is 0 Å². The number of amides is 1. The Morgan fingerprint density at radius 3 is 2.53 bits per heavy atom. The van der Waals surface area contributed by atoms with Crippen LogP contribution in [0.2, 0.25) is 0 Å². The molecular weight excluding hydrogens is 454 g/mol. The van der Waals surface area contributed by atoms with Gasteiger partial charge in [-0.05, 0) is 62.0 Å². The quantitative estimate of drug-likeness (QED) is 0.571. The lowest BCUT2D eigenvalue weighted by Crippen LogP contribution is -2.36. The van der Waals surface area contributed by atoms with Crippen molar-refractivity contribution in [1.29, 1.82) is 0 Å². The highest BCUT2D eigenvalue weighted by atomic mass is 32.2. The van der Waals surface area contributed by atoms with Crippen molar-refractivity contribution in [3.8, 4) is 17.2 Å². The first kappa shape index (κ1) is 22.6. The van der Waals surface area contributed by atoms with Crippen LogP contribution in [0.25, 0.3) is 6.08 Å². The van der Waals surface area contributed by atoms with E-state index in [1.165, 1.54) is 11.8 Å². The van der Waals surface area contributed by atoms with Crippen LogP contribution in [0.4, 0.5) is 11.4 Å². The highest BCUT2D eigenvalue weighted by molar-refractivity contribution is 8.18. The number of morpholine rings is 1. The van der Waals surface area contributed by atoms with Gasteiger partial charge in [0.15, 0.2) is 16.7 Å². The smallest absolute Gasteiger partial charge is 0.266 e. The summed E-state index contributed by atoms with van der Waals surface area (Å²) in [6.07, 6.45) is 1.84. The molecule has 9 heteroatoms. The Morgan fingerprint density at radius 1 is 1.09 bits per heavy atom. The highest BCUT2D eigenvalue weighted by Crippen LogP contribution is 2.41. The Hall–Kier alpha value is -3.17. The number of hydrogen-bond acceptors (Lipinski definition) is 8. The van der Waals surface area contributed by atoms with Crippen LogP contribution in [0.15, 0.2) is 46.3 Å². The molecule has 0 saturated carbocycles. The molecule has 1 amide bonds. The molecule has 0 radical (unpaired) electrons. The number of fused-ring (bicyclic) bond motifs is 1. The molecule has 0 aromatic heterocycles. The molecule has 0 atom stereocenters. The van der Waals surface area contributed by atoms with Crippen molar-refractivity contribution in [3.05, 3.63) is 46.9 Å². The molecule has 178 valence electrons. The van der Waals surface area contributed by atoms with Crippen LogP contribution in [0.3, 0.4) is 0 Å². The summed E-state index contributed by atoms with van der Waals surface area (Å²) in [5.41, 5.74) is 2.74. The van der Waals surface area contributed by atoms with Crippen LogP contribution >= 0.6 is 11.8 Å². The third-order valence-electron chi connectivity index (χ3n) is 5.75. The summed E-state index contributed by atoms with van der Waals surface area (Å²) in [5.74, 6) is 1.87. The minimum absolute atomic E-state index is 0.0729. The molecule has 5 rings (SSSR count). The van der Waals surface area contributed by atoms with Crippen molar-refractivity contribution < 1.29 is 23.7 Å². The van der Waals surface area contributed by atoms with Gasteiger partial charge in [0.1, 0.15) is 5.75 Å². The molecular formula is C25H27N3O5S. The Kier molecular flexibility index (Phi) is 6.64. The van der Waals surface area contributed by atoms with Crippen molar-refractivity contribution in [2.45, 2.75) is 13.8 Å². The summed E-state index contributed by atoms with van der Waals surface area (Å²) in [6.45, 7) is 8.36. The van der Waals surface area contributed by atoms with Gasteiger partial charge in [0.25, 0.3) is 5.91 Å². The van der Waals surface area contributed by atoms with Gasteiger partial charge in [0.05, 0.1) is 30.4 Å². The number of benzene rings is 2. The Labute approximate surface area is 203 Å². The van der Waals surface area contributed by atoms with Crippen LogP contribution in [0.1, 0.15) is 19.4 Å². The number of amidine groups is 1. The fraction of sp³-hybridized carbons (Fsp3) is 0.360. The van der Waals surface area contributed by atoms with Crippen molar-refractivity contribution in [1.82, 2.24) is 4.90 Å². The molecule has 34 heavy (non-hydrogen) atoms. The molecule has 0 bridgehead atoms. The number of ether oxygens (including phenoxy) is 4. The first-order valence-corrected chi connectivity index (χ1v) is 12.3. The van der Waals surface area contributed by atoms with Gasteiger partial charge >= 0.3 is 0 Å². The van der Waals surface area contributed by atoms with Crippen LogP contribution in [0, 0.1) is 0 Å². The predicted molar refractivity (Wildman–Crippen MR) is 133 cm³/mol. The van der Waals surface area contributed by atoms with E-state index >= 15 is 0 Å². The third kappa shape index (κ3) is 4.58. The highest BCUT2D eigenvalue weighted by Gasteiger charge is 2.33. The number of rotatable bonds is 6. The average molecular weight is 482 g/mol. The van der Waals surface area contributed by atoms with Crippen molar-refractivity contribution in [2.24, 2.45) is 4.99 Å². The van der Waals surface area contributed by atoms with Crippen LogP contribution in [-0.2, 0) is 9.53 Å². The van der Waals surface area contributed by atoms with Gasteiger partial charge in [0, 0.05) is 37.0 Å². The van der Waals surface area contributed by atoms with Gasteiger partial charge in [-0.1, -0.05) is 0 Å². The van der Waals surface area contributed by atoms with E-state index in [2.05, 4.69) is 17.0 Å². The summed E-state index contributed by atoms with van der Waals surface area (Å²) in [5, 5.41) is 0.663. The van der Waals surface area contributed by atoms with E-state index in [1.54, 1.807) is 4.90 Å². The molecule has 3 aliphatic heterocycles. The standard InChI is InChI=1S/C25H27N3O5S/c1-3-28-24(29)23(14-17-13-21-22(33-16-32-21)15-20(17)31-4-2)34-25(28)26-18-5-7-19(8-6-18)27-9-11-30-12-10-27/h5-8,13-15H,3-4,9-12,16H2,1-2H3/b23-14+,26-25?. The van der Waals surface area contributed by atoms with Gasteiger partial charge in [-0.15, -0.1) is 0 Å². The summed E-state index contributed by atoms with van der Waals surface area (Å²) >= 11 is 1.37. The molecule has 2 fully saturated rings. The van der Waals surface area contributed by atoms with E-state index in [0.29, 0.717) is 40.5 Å². The number of carbonyl (C=O) groups excluding carboxylic acids is 1. The van der Waals surface area contributed by atoms with E-state index in [1.807, 2.05) is 44.2 Å². The maximum atomic E-state index is 13.1. The SMILES string of the molecule is CCOc1cc2c(cc1/C=C1/SC(=Nc3ccc(N4CCOCC4)cc3)N(CC)C1=O)OCO2. The zero-order valence-electron chi connectivity index (χ0n) is 19.3. The third-order valence-corrected chi connectivity index (χ3v) is 6.75. The molecule has 2 aromatic carbocycles. The second kappa shape index (κ2) is 9.99. The van der Waals surface area contributed by atoms with E-state index in [-0.39, 0.29) is 12.7 Å². The summed E-state index contributed by atoms with van der Waals surface area (Å²) in [7, 11) is 0. The summed E-state index contributed by atoms with van der Waals surface area (Å²) < 4.78 is 22.2. The molecule has 8 nitrogen and oxygen atoms in total. The van der Waals surface area contributed by atoms with Crippen molar-refractivity contribution >= 4 is 40.3 Å². The number of hydrogen-bond donors (Lipinski definition) is 0. The van der Waals surface area contributed by atoms with E-state index < -0.39 is 0 Å². The lowest BCUT2D eigenvalue weighted by molar-refractivity contribution is -0.122. The van der Waals surface area contributed by atoms with Gasteiger partial charge in [-0.3, -0.25) is 9.69 Å². The minimum Gasteiger partial charge on any atom is -0.493 e. The fourth-order valence-electron chi connectivity index (χ4n) is 4.01.